The lowest BCUT2D eigenvalue weighted by Crippen LogP contribution is -2.22. The van der Waals surface area contributed by atoms with Gasteiger partial charge in [0.05, 0.1) is 20.1 Å². The summed E-state index contributed by atoms with van der Waals surface area (Å²) in [7, 11) is 0. The predicted octanol–water partition coefficient (Wildman–Crippen LogP) is 7.87. The molecule has 0 aliphatic carbocycles. The van der Waals surface area contributed by atoms with Gasteiger partial charge in [0, 0.05) is 11.8 Å². The first-order chi connectivity index (χ1) is 11.6. The van der Waals surface area contributed by atoms with Crippen molar-refractivity contribution < 1.29 is 4.79 Å². The van der Waals surface area contributed by atoms with E-state index in [1.807, 2.05) is 20.8 Å². The third-order valence-corrected chi connectivity index (χ3v) is 4.65. The Morgan fingerprint density at radius 1 is 0.880 bits per heavy atom. The second kappa shape index (κ2) is 8.05. The highest BCUT2D eigenvalue weighted by atomic mass is 35.5. The van der Waals surface area contributed by atoms with Crippen LogP contribution in [0.15, 0.2) is 40.6 Å². The van der Waals surface area contributed by atoms with E-state index in [2.05, 4.69) is 10.2 Å². The fraction of sp³-hybridized carbons (Fsp3) is 0.278. The van der Waals surface area contributed by atoms with Crippen molar-refractivity contribution in [2.24, 2.45) is 15.6 Å². The lowest BCUT2D eigenvalue weighted by Gasteiger charge is -2.16. The summed E-state index contributed by atoms with van der Waals surface area (Å²) in [5.74, 6) is 0.0943. The molecule has 0 saturated heterocycles. The van der Waals surface area contributed by atoms with Crippen LogP contribution in [-0.2, 0) is 11.2 Å². The summed E-state index contributed by atoms with van der Waals surface area (Å²) in [5, 5.41) is 9.47. The van der Waals surface area contributed by atoms with Gasteiger partial charge in [-0.15, -0.1) is 10.2 Å². The summed E-state index contributed by atoms with van der Waals surface area (Å²) in [4.78, 5) is 12.2. The first kappa shape index (κ1) is 20.2. The quantitative estimate of drug-likeness (QED) is 0.466. The van der Waals surface area contributed by atoms with E-state index in [9.17, 15) is 4.79 Å². The Morgan fingerprint density at radius 2 is 1.32 bits per heavy atom. The minimum absolute atomic E-state index is 0.0943. The number of benzene rings is 2. The second-order valence-corrected chi connectivity index (χ2v) is 8.16. The van der Waals surface area contributed by atoms with Gasteiger partial charge < -0.3 is 0 Å². The molecule has 0 amide bonds. The Balaban J connectivity index is 2.32. The number of hydrogen-bond donors (Lipinski definition) is 0. The fourth-order valence-electron chi connectivity index (χ4n) is 1.95. The van der Waals surface area contributed by atoms with Crippen LogP contribution in [-0.4, -0.2) is 5.78 Å². The van der Waals surface area contributed by atoms with Crippen molar-refractivity contribution in [2.45, 2.75) is 27.2 Å². The average molecular weight is 418 g/mol. The van der Waals surface area contributed by atoms with E-state index in [0.29, 0.717) is 31.5 Å². The summed E-state index contributed by atoms with van der Waals surface area (Å²) in [5.41, 5.74) is 0.930. The number of azo groups is 1. The molecule has 0 saturated carbocycles. The lowest BCUT2D eigenvalue weighted by molar-refractivity contribution is -0.125. The molecule has 2 aromatic carbocycles. The van der Waals surface area contributed by atoms with E-state index in [-0.39, 0.29) is 12.2 Å². The number of rotatable bonds is 4. The van der Waals surface area contributed by atoms with Crippen LogP contribution >= 0.6 is 46.4 Å². The Kier molecular flexibility index (Phi) is 6.50. The molecule has 0 radical (unpaired) electrons. The summed E-state index contributed by atoms with van der Waals surface area (Å²) < 4.78 is 0. The van der Waals surface area contributed by atoms with E-state index < -0.39 is 5.41 Å². The van der Waals surface area contributed by atoms with Crippen LogP contribution in [0, 0.1) is 5.41 Å². The molecule has 0 bridgehead atoms. The van der Waals surface area contributed by atoms with Gasteiger partial charge in [0.25, 0.3) is 0 Å². The van der Waals surface area contributed by atoms with Crippen molar-refractivity contribution in [3.8, 4) is 0 Å². The average Bonchev–Trinajstić information content (AvgIpc) is 2.48. The molecule has 0 unspecified atom stereocenters. The van der Waals surface area contributed by atoms with Gasteiger partial charge in [-0.05, 0) is 29.8 Å². The third kappa shape index (κ3) is 5.18. The Labute approximate surface area is 166 Å². The number of halogens is 4. The molecular formula is C18H16Cl4N2O. The summed E-state index contributed by atoms with van der Waals surface area (Å²) in [6.45, 7) is 5.61. The molecule has 0 aromatic heterocycles. The molecule has 2 rings (SSSR count). The van der Waals surface area contributed by atoms with E-state index in [0.717, 1.165) is 5.56 Å². The number of ketones is 1. The zero-order valence-electron chi connectivity index (χ0n) is 13.9. The van der Waals surface area contributed by atoms with Crippen LogP contribution in [0.4, 0.5) is 11.4 Å². The van der Waals surface area contributed by atoms with Gasteiger partial charge in [-0.3, -0.25) is 4.79 Å². The summed E-state index contributed by atoms with van der Waals surface area (Å²) in [6, 6.07) is 8.36. The van der Waals surface area contributed by atoms with Crippen LogP contribution in [0.3, 0.4) is 0 Å². The smallest absolute Gasteiger partial charge is 0.142 e. The fourth-order valence-corrected chi connectivity index (χ4v) is 3.03. The van der Waals surface area contributed by atoms with Crippen LogP contribution in [0.1, 0.15) is 26.3 Å². The van der Waals surface area contributed by atoms with Crippen LogP contribution < -0.4 is 0 Å². The third-order valence-electron chi connectivity index (χ3n) is 3.47. The lowest BCUT2D eigenvalue weighted by atomic mass is 9.87. The zero-order valence-corrected chi connectivity index (χ0v) is 16.9. The van der Waals surface area contributed by atoms with Crippen LogP contribution in [0.2, 0.25) is 20.1 Å². The molecule has 132 valence electrons. The van der Waals surface area contributed by atoms with E-state index >= 15 is 0 Å². The predicted molar refractivity (Wildman–Crippen MR) is 105 cm³/mol. The number of carbonyl (C=O) groups is 1. The van der Waals surface area contributed by atoms with Gasteiger partial charge in [-0.2, -0.15) is 0 Å². The van der Waals surface area contributed by atoms with Gasteiger partial charge in [-0.1, -0.05) is 73.2 Å². The molecule has 0 aliphatic heterocycles. The highest BCUT2D eigenvalue weighted by Gasteiger charge is 2.22. The van der Waals surface area contributed by atoms with E-state index in [1.165, 1.54) is 0 Å². The molecule has 0 fully saturated rings. The van der Waals surface area contributed by atoms with Crippen molar-refractivity contribution in [3.63, 3.8) is 0 Å². The largest absolute Gasteiger partial charge is 0.299 e. The molecule has 0 N–H and O–H groups in total. The molecule has 2 aromatic rings. The maximum absolute atomic E-state index is 12.2. The van der Waals surface area contributed by atoms with Crippen molar-refractivity contribution in [1.29, 1.82) is 0 Å². The van der Waals surface area contributed by atoms with E-state index in [1.54, 1.807) is 30.3 Å². The standard InChI is InChI=1S/C18H16Cl4N2O/c1-18(2,3)15(25)9-10-7-13(21)17(14(22)8-10)24-23-16-11(19)5-4-6-12(16)20/h4-8H,9H2,1-3H3. The van der Waals surface area contributed by atoms with Gasteiger partial charge in [0.1, 0.15) is 17.2 Å². The molecular weight excluding hydrogens is 402 g/mol. The highest BCUT2D eigenvalue weighted by Crippen LogP contribution is 2.39. The zero-order chi connectivity index (χ0) is 18.8. The molecule has 0 heterocycles. The summed E-state index contributed by atoms with van der Waals surface area (Å²) >= 11 is 24.6. The van der Waals surface area contributed by atoms with Crippen LogP contribution in [0.5, 0.6) is 0 Å². The van der Waals surface area contributed by atoms with Crippen molar-refractivity contribution in [3.05, 3.63) is 56.0 Å². The minimum Gasteiger partial charge on any atom is -0.299 e. The Hall–Kier alpha value is -1.13. The monoisotopic (exact) mass is 416 g/mol. The van der Waals surface area contributed by atoms with E-state index in [4.69, 9.17) is 46.4 Å². The summed E-state index contributed by atoms with van der Waals surface area (Å²) in [6.07, 6.45) is 0.247. The molecule has 7 heteroatoms. The maximum atomic E-state index is 12.2. The molecule has 25 heavy (non-hydrogen) atoms. The Morgan fingerprint density at radius 3 is 1.76 bits per heavy atom. The number of Topliss-reactive ketones (excluding diaryl/α,β-unsaturated/α-hetero) is 1. The van der Waals surface area contributed by atoms with Crippen molar-refractivity contribution in [1.82, 2.24) is 0 Å². The molecule has 3 nitrogen and oxygen atoms in total. The molecule has 0 spiro atoms. The Bertz CT molecular complexity index is 798. The van der Waals surface area contributed by atoms with Crippen molar-refractivity contribution in [2.75, 3.05) is 0 Å². The minimum atomic E-state index is -0.432. The normalized spacial score (nSPS) is 12.0. The van der Waals surface area contributed by atoms with Crippen molar-refractivity contribution >= 4 is 63.6 Å². The molecule has 0 aliphatic rings. The second-order valence-electron chi connectivity index (χ2n) is 6.53. The van der Waals surface area contributed by atoms with Gasteiger partial charge >= 0.3 is 0 Å². The van der Waals surface area contributed by atoms with Gasteiger partial charge in [0.2, 0.25) is 0 Å². The number of nitrogens with zero attached hydrogens (tertiary/aromatic N) is 2. The first-order valence-electron chi connectivity index (χ1n) is 7.46. The molecule has 0 atom stereocenters. The first-order valence-corrected chi connectivity index (χ1v) is 8.97. The van der Waals surface area contributed by atoms with Gasteiger partial charge in [-0.25, -0.2) is 0 Å². The topological polar surface area (TPSA) is 41.8 Å². The maximum Gasteiger partial charge on any atom is 0.142 e. The van der Waals surface area contributed by atoms with Crippen LogP contribution in [0.25, 0.3) is 0 Å². The van der Waals surface area contributed by atoms with Gasteiger partial charge in [0.15, 0.2) is 0 Å². The number of hydrogen-bond acceptors (Lipinski definition) is 3. The SMILES string of the molecule is CC(C)(C)C(=O)Cc1cc(Cl)c(N=Nc2c(Cl)cccc2Cl)c(Cl)c1. The number of carbonyl (C=O) groups excluding carboxylic acids is 1. The highest BCUT2D eigenvalue weighted by molar-refractivity contribution is 6.39.